The summed E-state index contributed by atoms with van der Waals surface area (Å²) in [6.07, 6.45) is 3.76. The number of nitriles is 1. The van der Waals surface area contributed by atoms with Gasteiger partial charge in [0.15, 0.2) is 0 Å². The summed E-state index contributed by atoms with van der Waals surface area (Å²) in [7, 11) is -0.960. The number of nitrogens with zero attached hydrogens (tertiary/aromatic N) is 5. The van der Waals surface area contributed by atoms with Gasteiger partial charge in [-0.15, -0.1) is 0 Å². The highest BCUT2D eigenvalue weighted by molar-refractivity contribution is 7.70. The minimum absolute atomic E-state index is 0.295. The minimum atomic E-state index is -2.60. The van der Waals surface area contributed by atoms with E-state index in [0.29, 0.717) is 69.5 Å². The van der Waals surface area contributed by atoms with Crippen LogP contribution in [0.2, 0.25) is 0 Å². The highest BCUT2D eigenvalue weighted by Gasteiger charge is 2.37. The van der Waals surface area contributed by atoms with E-state index in [4.69, 9.17) is 19.2 Å². The molecule has 0 bridgehead atoms. The first-order valence-corrected chi connectivity index (χ1v) is 17.8. The van der Waals surface area contributed by atoms with Crippen LogP contribution in [0.4, 0.5) is 28.8 Å². The fourth-order valence-electron chi connectivity index (χ4n) is 6.69. The lowest BCUT2D eigenvalue weighted by molar-refractivity contribution is 0.00628. The van der Waals surface area contributed by atoms with E-state index in [1.807, 2.05) is 36.4 Å². The summed E-state index contributed by atoms with van der Waals surface area (Å²) in [6.45, 7) is 8.63. The van der Waals surface area contributed by atoms with Crippen molar-refractivity contribution in [2.24, 2.45) is 0 Å². The number of hydrogen-bond donors (Lipinski definition) is 3. The standard InChI is InChI=1S/C32H37N8O4P/c1-42-26-16-25-27(44-19-22-14-21(8-9-40(22)25)39-10-12-43-13-11-39)15-24(26)36-32-37-30-29(20(17-33)18-34-30)31(38-32)35-23-6-4-5-7-28(23)45(2,3)41/h4-7,15-16,18,21-22H,8-14,19H2,1-3H3,(H3,34,35,36,37,38)/t21-,22-/m0/s1. The molecule has 7 rings (SSSR count). The Labute approximate surface area is 262 Å². The molecule has 0 unspecified atom stereocenters. The molecule has 234 valence electrons. The second-order valence-electron chi connectivity index (χ2n) is 12.1. The Morgan fingerprint density at radius 1 is 1.09 bits per heavy atom. The van der Waals surface area contributed by atoms with Gasteiger partial charge in [0.2, 0.25) is 5.95 Å². The topological polar surface area (TPSA) is 141 Å². The largest absolute Gasteiger partial charge is 0.494 e. The molecule has 45 heavy (non-hydrogen) atoms. The summed E-state index contributed by atoms with van der Waals surface area (Å²) in [6, 6.07) is 14.4. The van der Waals surface area contributed by atoms with Gasteiger partial charge in [0.25, 0.3) is 0 Å². The first kappa shape index (κ1) is 29.4. The van der Waals surface area contributed by atoms with Crippen molar-refractivity contribution in [2.45, 2.75) is 24.9 Å². The summed E-state index contributed by atoms with van der Waals surface area (Å²) in [5, 5.41) is 17.7. The molecule has 0 spiro atoms. The number of methoxy groups -OCH3 is 1. The molecule has 5 heterocycles. The van der Waals surface area contributed by atoms with E-state index in [0.717, 1.165) is 57.1 Å². The molecule has 3 aliphatic heterocycles. The van der Waals surface area contributed by atoms with Gasteiger partial charge in [-0.1, -0.05) is 12.1 Å². The highest BCUT2D eigenvalue weighted by Crippen LogP contribution is 2.45. The molecule has 12 nitrogen and oxygen atoms in total. The molecule has 2 atom stereocenters. The molecule has 2 aromatic heterocycles. The Hall–Kier alpha value is -4.30. The van der Waals surface area contributed by atoms with Crippen molar-refractivity contribution in [2.75, 3.05) is 75.4 Å². The summed E-state index contributed by atoms with van der Waals surface area (Å²) in [4.78, 5) is 17.6. The first-order valence-electron chi connectivity index (χ1n) is 15.2. The van der Waals surface area contributed by atoms with Gasteiger partial charge < -0.3 is 39.3 Å². The molecule has 13 heteroatoms. The number of aromatic amines is 1. The summed E-state index contributed by atoms with van der Waals surface area (Å²) in [5.41, 5.74) is 3.23. The van der Waals surface area contributed by atoms with E-state index < -0.39 is 7.14 Å². The molecule has 0 amide bonds. The van der Waals surface area contributed by atoms with Crippen LogP contribution < -0.4 is 30.3 Å². The van der Waals surface area contributed by atoms with Gasteiger partial charge in [-0.25, -0.2) is 0 Å². The number of fused-ring (bicyclic) bond motifs is 4. The van der Waals surface area contributed by atoms with Crippen LogP contribution in [0.25, 0.3) is 11.0 Å². The quantitative estimate of drug-likeness (QED) is 0.247. The van der Waals surface area contributed by atoms with Crippen LogP contribution in [-0.2, 0) is 9.30 Å². The van der Waals surface area contributed by atoms with E-state index in [1.54, 1.807) is 26.6 Å². The molecule has 4 aromatic rings. The number of para-hydroxylation sites is 1. The van der Waals surface area contributed by atoms with E-state index >= 15 is 0 Å². The molecule has 3 N–H and O–H groups in total. The van der Waals surface area contributed by atoms with Crippen LogP contribution in [0.15, 0.2) is 42.6 Å². The molecule has 2 fully saturated rings. The number of ether oxygens (including phenoxy) is 3. The third kappa shape index (κ3) is 5.68. The van der Waals surface area contributed by atoms with Crippen molar-refractivity contribution in [3.8, 4) is 17.6 Å². The van der Waals surface area contributed by atoms with Crippen molar-refractivity contribution < 1.29 is 18.8 Å². The molecule has 3 aliphatic rings. The number of H-pyrrole nitrogens is 1. The normalized spacial score (nSPS) is 20.1. The zero-order chi connectivity index (χ0) is 31.1. The van der Waals surface area contributed by atoms with Crippen LogP contribution in [0.3, 0.4) is 0 Å². The van der Waals surface area contributed by atoms with Gasteiger partial charge in [0.1, 0.15) is 42.8 Å². The lowest BCUT2D eigenvalue weighted by atomic mass is 9.94. The smallest absolute Gasteiger partial charge is 0.231 e. The fraction of sp³-hybridized carbons (Fsp3) is 0.406. The number of morpholine rings is 1. The first-order chi connectivity index (χ1) is 21.8. The number of rotatable bonds is 7. The second kappa shape index (κ2) is 11.9. The summed E-state index contributed by atoms with van der Waals surface area (Å²) >= 11 is 0. The third-order valence-electron chi connectivity index (χ3n) is 8.91. The van der Waals surface area contributed by atoms with E-state index in [9.17, 15) is 9.83 Å². The average molecular weight is 629 g/mol. The lowest BCUT2D eigenvalue weighted by Gasteiger charge is -2.47. The van der Waals surface area contributed by atoms with Gasteiger partial charge in [-0.3, -0.25) is 4.90 Å². The van der Waals surface area contributed by atoms with Gasteiger partial charge >= 0.3 is 0 Å². The maximum absolute atomic E-state index is 13.1. The number of piperidine rings is 1. The molecule has 2 saturated heterocycles. The molecular weight excluding hydrogens is 591 g/mol. The summed E-state index contributed by atoms with van der Waals surface area (Å²) in [5.74, 6) is 2.13. The average Bonchev–Trinajstić information content (AvgIpc) is 3.47. The van der Waals surface area contributed by atoms with Gasteiger partial charge in [0, 0.05) is 49.3 Å². The Balaban J connectivity index is 1.19. The fourth-order valence-corrected chi connectivity index (χ4v) is 7.84. The Kier molecular flexibility index (Phi) is 7.78. The molecule has 0 aliphatic carbocycles. The van der Waals surface area contributed by atoms with Crippen LogP contribution >= 0.6 is 7.14 Å². The van der Waals surface area contributed by atoms with Crippen LogP contribution in [0, 0.1) is 11.3 Å². The molecule has 0 radical (unpaired) electrons. The van der Waals surface area contributed by atoms with E-state index in [1.165, 1.54) is 0 Å². The molecule has 0 saturated carbocycles. The SMILES string of the molecule is COc1cc2c(cc1Nc1nc(Nc3ccccc3P(C)(C)=O)c3c(C#N)c[nH]c3n1)OC[C@@H]1C[C@@H](N3CCOCC3)CCN21. The zero-order valence-corrected chi connectivity index (χ0v) is 26.6. The van der Waals surface area contributed by atoms with Crippen LogP contribution in [0.5, 0.6) is 11.5 Å². The Morgan fingerprint density at radius 2 is 1.91 bits per heavy atom. The number of nitrogens with one attached hydrogen (secondary N) is 3. The zero-order valence-electron chi connectivity index (χ0n) is 25.7. The maximum Gasteiger partial charge on any atom is 0.231 e. The lowest BCUT2D eigenvalue weighted by Crippen LogP contribution is -2.55. The van der Waals surface area contributed by atoms with Crippen molar-refractivity contribution in [1.29, 1.82) is 5.26 Å². The van der Waals surface area contributed by atoms with Crippen molar-refractivity contribution in [3.05, 3.63) is 48.2 Å². The number of benzene rings is 2. The molecular formula is C32H37N8O4P. The van der Waals surface area contributed by atoms with Crippen molar-refractivity contribution in [3.63, 3.8) is 0 Å². The van der Waals surface area contributed by atoms with E-state index in [-0.39, 0.29) is 0 Å². The van der Waals surface area contributed by atoms with Gasteiger partial charge in [-0.05, 0) is 38.3 Å². The number of aromatic nitrogens is 3. The van der Waals surface area contributed by atoms with Crippen LogP contribution in [0.1, 0.15) is 18.4 Å². The predicted molar refractivity (Wildman–Crippen MR) is 176 cm³/mol. The second-order valence-corrected chi connectivity index (χ2v) is 15.2. The summed E-state index contributed by atoms with van der Waals surface area (Å²) < 4.78 is 30.8. The van der Waals surface area contributed by atoms with Gasteiger partial charge in [-0.2, -0.15) is 15.2 Å². The number of hydrogen-bond acceptors (Lipinski definition) is 11. The van der Waals surface area contributed by atoms with Crippen molar-refractivity contribution in [1.82, 2.24) is 19.9 Å². The monoisotopic (exact) mass is 628 g/mol. The Morgan fingerprint density at radius 3 is 2.69 bits per heavy atom. The number of anilines is 5. The minimum Gasteiger partial charge on any atom is -0.494 e. The predicted octanol–water partition coefficient (Wildman–Crippen LogP) is 4.64. The van der Waals surface area contributed by atoms with Crippen LogP contribution in [-0.4, -0.2) is 91.8 Å². The molecule has 2 aromatic carbocycles. The van der Waals surface area contributed by atoms with E-state index in [2.05, 4.69) is 36.5 Å². The highest BCUT2D eigenvalue weighted by atomic mass is 31.2. The Bertz CT molecular complexity index is 1830. The van der Waals surface area contributed by atoms with Crippen molar-refractivity contribution >= 4 is 52.3 Å². The maximum atomic E-state index is 13.1. The third-order valence-corrected chi connectivity index (χ3v) is 10.5. The van der Waals surface area contributed by atoms with Gasteiger partial charge in [0.05, 0.1) is 54.4 Å².